The summed E-state index contributed by atoms with van der Waals surface area (Å²) < 4.78 is 13.8. The summed E-state index contributed by atoms with van der Waals surface area (Å²) in [5.41, 5.74) is 1.42. The number of nitrogens with one attached hydrogen (secondary N) is 2. The van der Waals surface area contributed by atoms with Gasteiger partial charge in [0.15, 0.2) is 0 Å². The van der Waals surface area contributed by atoms with Gasteiger partial charge in [0.2, 0.25) is 0 Å². The van der Waals surface area contributed by atoms with E-state index < -0.39 is 11.7 Å². The Labute approximate surface area is 114 Å². The number of hydrogen-bond acceptors (Lipinski definition) is 3. The Balaban J connectivity index is 1.81. The first kappa shape index (κ1) is 12.8. The summed E-state index contributed by atoms with van der Waals surface area (Å²) in [7, 11) is 0. The fourth-order valence-corrected chi connectivity index (χ4v) is 2.25. The number of halogens is 1. The van der Waals surface area contributed by atoms with Gasteiger partial charge < -0.3 is 10.4 Å². The highest BCUT2D eigenvalue weighted by molar-refractivity contribution is 5.95. The molecule has 0 bridgehead atoms. The monoisotopic (exact) mass is 275 g/mol. The van der Waals surface area contributed by atoms with Crippen LogP contribution in [0, 0.1) is 5.82 Å². The van der Waals surface area contributed by atoms with Crippen molar-refractivity contribution in [3.8, 4) is 11.3 Å². The lowest BCUT2D eigenvalue weighted by Gasteiger charge is -2.31. The van der Waals surface area contributed by atoms with Gasteiger partial charge in [-0.2, -0.15) is 5.10 Å². The SMILES string of the molecule is O=C(NC1CC(O)C1)c1cc(-c2ccn[nH]2)ccc1F. The Morgan fingerprint density at radius 1 is 1.40 bits per heavy atom. The smallest absolute Gasteiger partial charge is 0.254 e. The zero-order valence-electron chi connectivity index (χ0n) is 10.6. The van der Waals surface area contributed by atoms with Gasteiger partial charge in [-0.05, 0) is 37.1 Å². The second-order valence-corrected chi connectivity index (χ2v) is 4.96. The molecule has 1 amide bonds. The van der Waals surface area contributed by atoms with Crippen LogP contribution in [0.5, 0.6) is 0 Å². The van der Waals surface area contributed by atoms with Crippen molar-refractivity contribution in [2.45, 2.75) is 25.0 Å². The molecule has 0 aliphatic heterocycles. The van der Waals surface area contributed by atoms with Crippen LogP contribution in [0.4, 0.5) is 4.39 Å². The van der Waals surface area contributed by atoms with Crippen molar-refractivity contribution in [1.29, 1.82) is 0 Å². The molecule has 1 heterocycles. The quantitative estimate of drug-likeness (QED) is 0.793. The van der Waals surface area contributed by atoms with E-state index in [1.807, 2.05) is 0 Å². The van der Waals surface area contributed by atoms with Crippen molar-refractivity contribution in [3.05, 3.63) is 41.8 Å². The number of aromatic nitrogens is 2. The summed E-state index contributed by atoms with van der Waals surface area (Å²) in [5.74, 6) is -1.02. The number of rotatable bonds is 3. The van der Waals surface area contributed by atoms with Gasteiger partial charge in [-0.1, -0.05) is 0 Å². The molecule has 1 saturated carbocycles. The molecule has 2 aromatic rings. The highest BCUT2D eigenvalue weighted by Crippen LogP contribution is 2.22. The Kier molecular flexibility index (Phi) is 3.23. The van der Waals surface area contributed by atoms with Crippen molar-refractivity contribution in [2.24, 2.45) is 0 Å². The predicted octanol–water partition coefficient (Wildman–Crippen LogP) is 1.47. The summed E-state index contributed by atoms with van der Waals surface area (Å²) in [6.07, 6.45) is 2.27. The molecule has 0 radical (unpaired) electrons. The minimum atomic E-state index is -0.564. The van der Waals surface area contributed by atoms with Crippen LogP contribution in [-0.4, -0.2) is 33.4 Å². The van der Waals surface area contributed by atoms with Crippen LogP contribution in [0.15, 0.2) is 30.5 Å². The topological polar surface area (TPSA) is 78.0 Å². The van der Waals surface area contributed by atoms with Gasteiger partial charge in [0, 0.05) is 17.8 Å². The molecular formula is C14H14FN3O2. The van der Waals surface area contributed by atoms with Crippen LogP contribution in [-0.2, 0) is 0 Å². The summed E-state index contributed by atoms with van der Waals surface area (Å²) in [6.45, 7) is 0. The number of amides is 1. The lowest BCUT2D eigenvalue weighted by atomic mass is 9.89. The number of benzene rings is 1. The zero-order chi connectivity index (χ0) is 14.1. The third-order valence-electron chi connectivity index (χ3n) is 3.47. The first-order valence-corrected chi connectivity index (χ1v) is 6.41. The molecule has 0 spiro atoms. The summed E-state index contributed by atoms with van der Waals surface area (Å²) >= 11 is 0. The van der Waals surface area contributed by atoms with Gasteiger partial charge in [0.05, 0.1) is 17.4 Å². The predicted molar refractivity (Wildman–Crippen MR) is 70.5 cm³/mol. The van der Waals surface area contributed by atoms with E-state index in [0.29, 0.717) is 18.4 Å². The molecule has 1 aliphatic rings. The number of aromatic amines is 1. The minimum Gasteiger partial charge on any atom is -0.393 e. The van der Waals surface area contributed by atoms with Crippen LogP contribution in [0.25, 0.3) is 11.3 Å². The minimum absolute atomic E-state index is 0.00140. The normalized spacial score (nSPS) is 21.3. The molecule has 1 aromatic carbocycles. The van der Waals surface area contributed by atoms with Crippen LogP contribution < -0.4 is 5.32 Å². The highest BCUT2D eigenvalue weighted by Gasteiger charge is 2.29. The largest absolute Gasteiger partial charge is 0.393 e. The average molecular weight is 275 g/mol. The van der Waals surface area contributed by atoms with E-state index in [0.717, 1.165) is 5.69 Å². The van der Waals surface area contributed by atoms with E-state index >= 15 is 0 Å². The zero-order valence-corrected chi connectivity index (χ0v) is 10.6. The van der Waals surface area contributed by atoms with E-state index in [1.165, 1.54) is 12.1 Å². The van der Waals surface area contributed by atoms with Crippen LogP contribution in [0.1, 0.15) is 23.2 Å². The second-order valence-electron chi connectivity index (χ2n) is 4.96. The van der Waals surface area contributed by atoms with Crippen molar-refractivity contribution >= 4 is 5.91 Å². The average Bonchev–Trinajstić information content (AvgIpc) is 2.91. The molecule has 1 fully saturated rings. The standard InChI is InChI=1S/C14H14FN3O2/c15-12-2-1-8(13-3-4-16-18-13)5-11(12)14(20)17-9-6-10(19)7-9/h1-5,9-10,19H,6-7H2,(H,16,18)(H,17,20). The van der Waals surface area contributed by atoms with E-state index in [2.05, 4.69) is 15.5 Å². The van der Waals surface area contributed by atoms with Crippen molar-refractivity contribution in [3.63, 3.8) is 0 Å². The lowest BCUT2D eigenvalue weighted by Crippen LogP contribution is -2.46. The molecular weight excluding hydrogens is 261 g/mol. The molecule has 3 N–H and O–H groups in total. The van der Waals surface area contributed by atoms with Gasteiger partial charge in [0.1, 0.15) is 5.82 Å². The maximum Gasteiger partial charge on any atom is 0.254 e. The molecule has 6 heteroatoms. The van der Waals surface area contributed by atoms with E-state index in [-0.39, 0.29) is 17.7 Å². The number of hydrogen-bond donors (Lipinski definition) is 3. The Morgan fingerprint density at radius 2 is 2.20 bits per heavy atom. The van der Waals surface area contributed by atoms with Crippen LogP contribution >= 0.6 is 0 Å². The number of aliphatic hydroxyl groups is 1. The number of carbonyl (C=O) groups is 1. The Morgan fingerprint density at radius 3 is 2.85 bits per heavy atom. The fourth-order valence-electron chi connectivity index (χ4n) is 2.25. The van der Waals surface area contributed by atoms with Gasteiger partial charge in [0.25, 0.3) is 5.91 Å². The maximum absolute atomic E-state index is 13.8. The molecule has 3 rings (SSSR count). The molecule has 1 aliphatic carbocycles. The van der Waals surface area contributed by atoms with E-state index in [1.54, 1.807) is 18.3 Å². The molecule has 0 saturated heterocycles. The first-order chi connectivity index (χ1) is 9.63. The summed E-state index contributed by atoms with van der Waals surface area (Å²) in [5, 5.41) is 18.5. The Bertz CT molecular complexity index is 621. The van der Waals surface area contributed by atoms with Gasteiger partial charge >= 0.3 is 0 Å². The van der Waals surface area contributed by atoms with Crippen molar-refractivity contribution < 1.29 is 14.3 Å². The third-order valence-corrected chi connectivity index (χ3v) is 3.47. The number of nitrogens with zero attached hydrogens (tertiary/aromatic N) is 1. The Hall–Kier alpha value is -2.21. The molecule has 5 nitrogen and oxygen atoms in total. The van der Waals surface area contributed by atoms with Gasteiger partial charge in [-0.3, -0.25) is 9.89 Å². The molecule has 104 valence electrons. The maximum atomic E-state index is 13.8. The number of aliphatic hydroxyl groups excluding tert-OH is 1. The van der Waals surface area contributed by atoms with E-state index in [9.17, 15) is 14.3 Å². The number of H-pyrrole nitrogens is 1. The second kappa shape index (κ2) is 5.05. The van der Waals surface area contributed by atoms with Crippen molar-refractivity contribution in [2.75, 3.05) is 0 Å². The van der Waals surface area contributed by atoms with Crippen molar-refractivity contribution in [1.82, 2.24) is 15.5 Å². The molecule has 1 aromatic heterocycles. The summed E-state index contributed by atoms with van der Waals surface area (Å²) in [6, 6.07) is 6.02. The number of carbonyl (C=O) groups excluding carboxylic acids is 1. The third kappa shape index (κ3) is 2.42. The fraction of sp³-hybridized carbons (Fsp3) is 0.286. The molecule has 0 unspecified atom stereocenters. The van der Waals surface area contributed by atoms with Crippen LogP contribution in [0.2, 0.25) is 0 Å². The van der Waals surface area contributed by atoms with Gasteiger partial charge in [-0.25, -0.2) is 4.39 Å². The lowest BCUT2D eigenvalue weighted by molar-refractivity contribution is 0.0561. The molecule has 0 atom stereocenters. The first-order valence-electron chi connectivity index (χ1n) is 6.41. The highest BCUT2D eigenvalue weighted by atomic mass is 19.1. The van der Waals surface area contributed by atoms with Crippen LogP contribution in [0.3, 0.4) is 0 Å². The van der Waals surface area contributed by atoms with Gasteiger partial charge in [-0.15, -0.1) is 0 Å². The van der Waals surface area contributed by atoms with E-state index in [4.69, 9.17) is 0 Å². The summed E-state index contributed by atoms with van der Waals surface area (Å²) in [4.78, 5) is 12.0. The molecule has 20 heavy (non-hydrogen) atoms.